The van der Waals surface area contributed by atoms with Gasteiger partial charge in [0.2, 0.25) is 0 Å². The molecule has 0 heterocycles. The van der Waals surface area contributed by atoms with Crippen LogP contribution in [0.3, 0.4) is 0 Å². The highest BCUT2D eigenvalue weighted by molar-refractivity contribution is 5.89. The summed E-state index contributed by atoms with van der Waals surface area (Å²) in [5.41, 5.74) is 2.58. The molecular weight excluding hydrogens is 308 g/mol. The third-order valence-corrected chi connectivity index (χ3v) is 4.62. The lowest BCUT2D eigenvalue weighted by molar-refractivity contribution is 0.461. The molecule has 0 radical (unpaired) electrons. The quantitative estimate of drug-likeness (QED) is 0.493. The average Bonchev–Trinajstić information content (AvgIpc) is 2.66. The Labute approximate surface area is 146 Å². The molecule has 25 heavy (non-hydrogen) atoms. The number of rotatable bonds is 3. The molecular formula is C23H18O2. The lowest BCUT2D eigenvalue weighted by Crippen LogP contribution is -2.04. The van der Waals surface area contributed by atoms with Crippen LogP contribution in [-0.2, 0) is 0 Å². The van der Waals surface area contributed by atoms with Crippen molar-refractivity contribution < 1.29 is 10.2 Å². The zero-order valence-electron chi connectivity index (χ0n) is 13.6. The van der Waals surface area contributed by atoms with Crippen LogP contribution in [0.5, 0.6) is 11.5 Å². The first-order valence-corrected chi connectivity index (χ1v) is 8.29. The summed E-state index contributed by atoms with van der Waals surface area (Å²) in [4.78, 5) is 0. The first-order valence-electron chi connectivity index (χ1n) is 8.29. The van der Waals surface area contributed by atoms with E-state index >= 15 is 0 Å². The Morgan fingerprint density at radius 3 is 2.04 bits per heavy atom. The Balaban J connectivity index is 1.99. The highest BCUT2D eigenvalue weighted by atomic mass is 16.3. The molecule has 0 fully saturated rings. The smallest absolute Gasteiger partial charge is 0.127 e. The largest absolute Gasteiger partial charge is 0.508 e. The molecule has 2 N–H and O–H groups in total. The minimum absolute atomic E-state index is 0.226. The molecule has 0 spiro atoms. The molecule has 4 aromatic carbocycles. The molecule has 1 atom stereocenters. The van der Waals surface area contributed by atoms with Crippen molar-refractivity contribution in [1.29, 1.82) is 0 Å². The molecule has 0 aliphatic heterocycles. The summed E-state index contributed by atoms with van der Waals surface area (Å²) < 4.78 is 0. The van der Waals surface area contributed by atoms with E-state index in [2.05, 4.69) is 0 Å². The summed E-state index contributed by atoms with van der Waals surface area (Å²) in [5.74, 6) is 0.242. The second kappa shape index (κ2) is 6.33. The maximum atomic E-state index is 11.0. The lowest BCUT2D eigenvalue weighted by Gasteiger charge is -2.21. The summed E-state index contributed by atoms with van der Waals surface area (Å²) in [6.07, 6.45) is 0. The van der Waals surface area contributed by atoms with Crippen LogP contribution in [0.1, 0.15) is 22.6 Å². The highest BCUT2D eigenvalue weighted by Crippen LogP contribution is 2.42. The fraction of sp³-hybridized carbons (Fsp3) is 0.0435. The Morgan fingerprint density at radius 1 is 0.560 bits per heavy atom. The van der Waals surface area contributed by atoms with Crippen LogP contribution >= 0.6 is 0 Å². The van der Waals surface area contributed by atoms with Gasteiger partial charge >= 0.3 is 0 Å². The molecule has 4 rings (SSSR count). The van der Waals surface area contributed by atoms with Gasteiger partial charge in [-0.25, -0.2) is 0 Å². The number of phenolic OH excluding ortho intramolecular Hbond substituents is 2. The fourth-order valence-corrected chi connectivity index (χ4v) is 3.41. The van der Waals surface area contributed by atoms with Gasteiger partial charge in [0.15, 0.2) is 0 Å². The number of hydrogen-bond donors (Lipinski definition) is 2. The second-order valence-electron chi connectivity index (χ2n) is 6.13. The van der Waals surface area contributed by atoms with E-state index in [1.165, 1.54) is 0 Å². The first kappa shape index (κ1) is 15.3. The Kier molecular flexibility index (Phi) is 3.87. The fourth-order valence-electron chi connectivity index (χ4n) is 3.41. The van der Waals surface area contributed by atoms with Gasteiger partial charge in [-0.3, -0.25) is 0 Å². The molecule has 0 unspecified atom stereocenters. The van der Waals surface area contributed by atoms with Crippen LogP contribution < -0.4 is 0 Å². The number of aromatic hydroxyl groups is 2. The Bertz CT molecular complexity index is 1020. The summed E-state index contributed by atoms with van der Waals surface area (Å²) >= 11 is 0. The van der Waals surface area contributed by atoms with Crippen molar-refractivity contribution in [2.75, 3.05) is 0 Å². The van der Waals surface area contributed by atoms with Crippen LogP contribution in [0.25, 0.3) is 10.8 Å². The van der Waals surface area contributed by atoms with E-state index in [1.54, 1.807) is 12.1 Å². The van der Waals surface area contributed by atoms with Crippen molar-refractivity contribution in [3.63, 3.8) is 0 Å². The predicted octanol–water partition coefficient (Wildman–Crippen LogP) is 5.43. The number of hydrogen-bond acceptors (Lipinski definition) is 2. The van der Waals surface area contributed by atoms with Crippen LogP contribution in [0.2, 0.25) is 0 Å². The average molecular weight is 326 g/mol. The molecule has 0 aromatic heterocycles. The van der Waals surface area contributed by atoms with Gasteiger partial charge in [0, 0.05) is 22.4 Å². The zero-order chi connectivity index (χ0) is 17.2. The van der Waals surface area contributed by atoms with E-state index in [4.69, 9.17) is 0 Å². The van der Waals surface area contributed by atoms with E-state index in [0.29, 0.717) is 0 Å². The molecule has 0 aliphatic carbocycles. The summed E-state index contributed by atoms with van der Waals surface area (Å²) in [7, 11) is 0. The van der Waals surface area contributed by atoms with Gasteiger partial charge in [0.25, 0.3) is 0 Å². The Hall–Kier alpha value is -3.26. The normalized spacial score (nSPS) is 12.2. The third kappa shape index (κ3) is 2.72. The van der Waals surface area contributed by atoms with Gasteiger partial charge in [0.05, 0.1) is 0 Å². The summed E-state index contributed by atoms with van der Waals surface area (Å²) in [6.45, 7) is 0. The molecule has 0 saturated heterocycles. The summed E-state index contributed by atoms with van der Waals surface area (Å²) in [6, 6.07) is 29.0. The van der Waals surface area contributed by atoms with Crippen molar-refractivity contribution >= 4 is 10.8 Å². The highest BCUT2D eigenvalue weighted by Gasteiger charge is 2.23. The first-order chi connectivity index (χ1) is 12.3. The molecule has 2 heteroatoms. The van der Waals surface area contributed by atoms with E-state index in [1.807, 2.05) is 78.9 Å². The Morgan fingerprint density at radius 2 is 1.24 bits per heavy atom. The maximum Gasteiger partial charge on any atom is 0.127 e. The molecule has 0 saturated carbocycles. The maximum absolute atomic E-state index is 11.0. The van der Waals surface area contributed by atoms with Gasteiger partial charge < -0.3 is 10.2 Å². The summed E-state index contributed by atoms with van der Waals surface area (Å²) in [5, 5.41) is 23.2. The van der Waals surface area contributed by atoms with Crippen LogP contribution in [0, 0.1) is 0 Å². The number of phenols is 2. The second-order valence-corrected chi connectivity index (χ2v) is 6.13. The molecule has 0 amide bonds. The minimum Gasteiger partial charge on any atom is -0.508 e. The van der Waals surface area contributed by atoms with Crippen molar-refractivity contribution in [1.82, 2.24) is 0 Å². The van der Waals surface area contributed by atoms with E-state index < -0.39 is 0 Å². The number of para-hydroxylation sites is 1. The van der Waals surface area contributed by atoms with E-state index in [9.17, 15) is 10.2 Å². The SMILES string of the molecule is Oc1ccccc1[C@@H](c1ccccc1)c1ccc2ccccc2c1O. The van der Waals surface area contributed by atoms with Crippen molar-refractivity contribution in [2.45, 2.75) is 5.92 Å². The van der Waals surface area contributed by atoms with Gasteiger partial charge in [-0.2, -0.15) is 0 Å². The van der Waals surface area contributed by atoms with E-state index in [0.717, 1.165) is 27.5 Å². The number of benzene rings is 4. The molecule has 0 aliphatic rings. The zero-order valence-corrected chi connectivity index (χ0v) is 13.6. The minimum atomic E-state index is -0.244. The predicted molar refractivity (Wildman–Crippen MR) is 101 cm³/mol. The van der Waals surface area contributed by atoms with Gasteiger partial charge in [-0.15, -0.1) is 0 Å². The van der Waals surface area contributed by atoms with Gasteiger partial charge in [-0.1, -0.05) is 84.9 Å². The van der Waals surface area contributed by atoms with Crippen molar-refractivity contribution in [3.8, 4) is 11.5 Å². The monoisotopic (exact) mass is 326 g/mol. The van der Waals surface area contributed by atoms with Crippen LogP contribution in [-0.4, -0.2) is 10.2 Å². The van der Waals surface area contributed by atoms with Crippen molar-refractivity contribution in [2.24, 2.45) is 0 Å². The number of fused-ring (bicyclic) bond motifs is 1. The standard InChI is InChI=1S/C23H18O2/c24-21-13-7-6-12-19(21)22(17-9-2-1-3-10-17)20-15-14-16-8-4-5-11-18(16)23(20)25/h1-15,22,24-25H/t22-/m1/s1. The molecule has 4 aromatic rings. The molecule has 122 valence electrons. The van der Waals surface area contributed by atoms with E-state index in [-0.39, 0.29) is 17.4 Å². The van der Waals surface area contributed by atoms with Gasteiger partial charge in [-0.05, 0) is 17.0 Å². The molecule has 2 nitrogen and oxygen atoms in total. The third-order valence-electron chi connectivity index (χ3n) is 4.62. The van der Waals surface area contributed by atoms with Crippen molar-refractivity contribution in [3.05, 3.63) is 108 Å². The molecule has 0 bridgehead atoms. The lowest BCUT2D eigenvalue weighted by atomic mass is 9.83. The van der Waals surface area contributed by atoms with Crippen LogP contribution in [0.4, 0.5) is 0 Å². The topological polar surface area (TPSA) is 40.5 Å². The van der Waals surface area contributed by atoms with Gasteiger partial charge in [0.1, 0.15) is 11.5 Å². The van der Waals surface area contributed by atoms with Crippen LogP contribution in [0.15, 0.2) is 91.0 Å².